The van der Waals surface area contributed by atoms with Crippen molar-refractivity contribution in [3.05, 3.63) is 11.8 Å². The molecule has 10 heteroatoms. The summed E-state index contributed by atoms with van der Waals surface area (Å²) in [6.07, 6.45) is -9.56. The van der Waals surface area contributed by atoms with E-state index in [-0.39, 0.29) is 4.68 Å². The van der Waals surface area contributed by atoms with Crippen molar-refractivity contribution < 1.29 is 31.1 Å². The molecule has 0 spiro atoms. The number of hydrogen-bond acceptors (Lipinski definition) is 3. The van der Waals surface area contributed by atoms with E-state index in [1.54, 1.807) is 0 Å². The summed E-state index contributed by atoms with van der Waals surface area (Å²) in [6, 6.07) is 0. The van der Waals surface area contributed by atoms with Crippen LogP contribution in [0.1, 0.15) is 10.4 Å². The van der Waals surface area contributed by atoms with Crippen molar-refractivity contribution in [3.63, 3.8) is 0 Å². The zero-order valence-corrected chi connectivity index (χ0v) is 7.93. The Hall–Kier alpha value is -1.74. The Morgan fingerprint density at radius 1 is 1.29 bits per heavy atom. The average Bonchev–Trinajstić information content (AvgIpc) is 2.40. The Balaban J connectivity index is 3.01. The van der Waals surface area contributed by atoms with E-state index in [2.05, 4.69) is 5.10 Å². The first kappa shape index (κ1) is 13.3. The number of nitrogens with zero attached hydrogens (tertiary/aromatic N) is 2. The number of carbonyl (C=O) groups is 1. The quantitative estimate of drug-likeness (QED) is 0.652. The van der Waals surface area contributed by atoms with E-state index in [0.717, 1.165) is 0 Å². The third-order valence-electron chi connectivity index (χ3n) is 1.63. The van der Waals surface area contributed by atoms with Crippen molar-refractivity contribution in [1.29, 1.82) is 0 Å². The molecular formula is C7H5F6N3O. The molecule has 1 aromatic rings. The highest BCUT2D eigenvalue weighted by molar-refractivity contribution is 6.03. The summed E-state index contributed by atoms with van der Waals surface area (Å²) in [5, 5.41) is 2.98. The van der Waals surface area contributed by atoms with E-state index in [1.807, 2.05) is 0 Å². The highest BCUT2D eigenvalue weighted by atomic mass is 19.4. The van der Waals surface area contributed by atoms with Gasteiger partial charge in [-0.2, -0.15) is 31.4 Å². The van der Waals surface area contributed by atoms with Gasteiger partial charge in [0.1, 0.15) is 6.54 Å². The number of nitrogens with two attached hydrogens (primary N) is 1. The van der Waals surface area contributed by atoms with Gasteiger partial charge in [0.15, 0.2) is 5.82 Å². The summed E-state index contributed by atoms with van der Waals surface area (Å²) in [5.41, 5.74) is 3.84. The standard InChI is InChI=1S/C7H5F6N3O/c8-6(9,10)2-16-1-3(5(14)15-16)4(17)7(11,12)13/h1H,2H2,(H2,14,15). The molecule has 1 heterocycles. The second-order valence-corrected chi connectivity index (χ2v) is 3.07. The lowest BCUT2D eigenvalue weighted by Crippen LogP contribution is -2.23. The summed E-state index contributed by atoms with van der Waals surface area (Å²) in [4.78, 5) is 10.7. The van der Waals surface area contributed by atoms with Crippen molar-refractivity contribution in [1.82, 2.24) is 9.78 Å². The molecule has 0 amide bonds. The smallest absolute Gasteiger partial charge is 0.382 e. The first-order chi connectivity index (χ1) is 7.50. The van der Waals surface area contributed by atoms with E-state index >= 15 is 0 Å². The van der Waals surface area contributed by atoms with Crippen molar-refractivity contribution in [2.24, 2.45) is 0 Å². The second kappa shape index (κ2) is 3.93. The molecule has 96 valence electrons. The number of hydrogen-bond donors (Lipinski definition) is 1. The molecule has 4 nitrogen and oxygen atoms in total. The van der Waals surface area contributed by atoms with Gasteiger partial charge in [-0.05, 0) is 0 Å². The van der Waals surface area contributed by atoms with Crippen LogP contribution >= 0.6 is 0 Å². The lowest BCUT2D eigenvalue weighted by Gasteiger charge is -2.05. The molecule has 0 bridgehead atoms. The maximum absolute atomic E-state index is 12.0. The Morgan fingerprint density at radius 3 is 2.24 bits per heavy atom. The van der Waals surface area contributed by atoms with Gasteiger partial charge in [-0.25, -0.2) is 0 Å². The molecular weight excluding hydrogens is 256 g/mol. The number of aromatic nitrogens is 2. The fraction of sp³-hybridized carbons (Fsp3) is 0.429. The van der Waals surface area contributed by atoms with Crippen LogP contribution in [-0.2, 0) is 6.54 Å². The Labute approximate surface area is 90.0 Å². The Morgan fingerprint density at radius 2 is 1.82 bits per heavy atom. The van der Waals surface area contributed by atoms with E-state index in [1.165, 1.54) is 0 Å². The minimum atomic E-state index is -5.21. The lowest BCUT2D eigenvalue weighted by atomic mass is 10.2. The van der Waals surface area contributed by atoms with Crippen LogP contribution in [0, 0.1) is 0 Å². The van der Waals surface area contributed by atoms with Crippen LogP contribution in [0.15, 0.2) is 6.20 Å². The molecule has 0 aliphatic rings. The zero-order chi connectivity index (χ0) is 13.4. The molecule has 0 aliphatic heterocycles. The van der Waals surface area contributed by atoms with Crippen LogP contribution in [0.2, 0.25) is 0 Å². The van der Waals surface area contributed by atoms with Gasteiger partial charge in [-0.1, -0.05) is 0 Å². The number of anilines is 1. The maximum Gasteiger partial charge on any atom is 0.455 e. The largest absolute Gasteiger partial charge is 0.455 e. The summed E-state index contributed by atoms with van der Waals surface area (Å²) >= 11 is 0. The number of carbonyl (C=O) groups excluding carboxylic acids is 1. The first-order valence-electron chi connectivity index (χ1n) is 4.02. The van der Waals surface area contributed by atoms with Crippen LogP contribution < -0.4 is 5.73 Å². The molecule has 0 radical (unpaired) electrons. The average molecular weight is 261 g/mol. The molecule has 17 heavy (non-hydrogen) atoms. The summed E-state index contributed by atoms with van der Waals surface area (Å²) in [6.45, 7) is -1.62. The number of rotatable bonds is 2. The van der Waals surface area contributed by atoms with Crippen LogP contribution in [-0.4, -0.2) is 27.9 Å². The molecule has 0 saturated carbocycles. The fourth-order valence-electron chi connectivity index (χ4n) is 1.03. The molecule has 0 fully saturated rings. The highest BCUT2D eigenvalue weighted by Crippen LogP contribution is 2.25. The topological polar surface area (TPSA) is 60.9 Å². The van der Waals surface area contributed by atoms with Crippen molar-refractivity contribution in [2.75, 3.05) is 5.73 Å². The Bertz CT molecular complexity index is 432. The van der Waals surface area contributed by atoms with Crippen LogP contribution in [0.3, 0.4) is 0 Å². The van der Waals surface area contributed by atoms with E-state index < -0.39 is 36.1 Å². The SMILES string of the molecule is Nc1nn(CC(F)(F)F)cc1C(=O)C(F)(F)F. The second-order valence-electron chi connectivity index (χ2n) is 3.07. The minimum Gasteiger partial charge on any atom is -0.382 e. The lowest BCUT2D eigenvalue weighted by molar-refractivity contribution is -0.142. The van der Waals surface area contributed by atoms with Crippen LogP contribution in [0.5, 0.6) is 0 Å². The highest BCUT2D eigenvalue weighted by Gasteiger charge is 2.41. The fourth-order valence-corrected chi connectivity index (χ4v) is 1.03. The van der Waals surface area contributed by atoms with Crippen molar-refractivity contribution >= 4 is 11.6 Å². The third kappa shape index (κ3) is 3.36. The van der Waals surface area contributed by atoms with E-state index in [0.29, 0.717) is 6.20 Å². The summed E-state index contributed by atoms with van der Waals surface area (Å²) < 4.78 is 71.9. The van der Waals surface area contributed by atoms with Crippen molar-refractivity contribution in [2.45, 2.75) is 18.9 Å². The summed E-state index contributed by atoms with van der Waals surface area (Å²) in [5.74, 6) is -3.22. The minimum absolute atomic E-state index is 0.133. The molecule has 2 N–H and O–H groups in total. The number of halogens is 6. The van der Waals surface area contributed by atoms with Gasteiger partial charge in [-0.3, -0.25) is 9.48 Å². The van der Waals surface area contributed by atoms with Gasteiger partial charge in [0, 0.05) is 6.20 Å². The maximum atomic E-state index is 12.0. The molecule has 0 aromatic carbocycles. The third-order valence-corrected chi connectivity index (χ3v) is 1.63. The van der Waals surface area contributed by atoms with Gasteiger partial charge < -0.3 is 5.73 Å². The van der Waals surface area contributed by atoms with Crippen LogP contribution in [0.4, 0.5) is 32.2 Å². The molecule has 0 aliphatic carbocycles. The molecule has 1 rings (SSSR count). The summed E-state index contributed by atoms with van der Waals surface area (Å²) in [7, 11) is 0. The molecule has 1 aromatic heterocycles. The normalized spacial score (nSPS) is 12.8. The van der Waals surface area contributed by atoms with Gasteiger partial charge >= 0.3 is 12.4 Å². The first-order valence-corrected chi connectivity index (χ1v) is 4.02. The van der Waals surface area contributed by atoms with Gasteiger partial charge in [0.05, 0.1) is 5.56 Å². The Kier molecular flexibility index (Phi) is 3.08. The monoisotopic (exact) mass is 261 g/mol. The van der Waals surface area contributed by atoms with Gasteiger partial charge in [0.2, 0.25) is 0 Å². The molecule has 0 atom stereocenters. The van der Waals surface area contributed by atoms with E-state index in [4.69, 9.17) is 5.73 Å². The molecule has 0 unspecified atom stereocenters. The number of alkyl halides is 6. The predicted molar refractivity (Wildman–Crippen MR) is 43.1 cm³/mol. The van der Waals surface area contributed by atoms with E-state index in [9.17, 15) is 31.1 Å². The van der Waals surface area contributed by atoms with Crippen LogP contribution in [0.25, 0.3) is 0 Å². The molecule has 0 saturated heterocycles. The van der Waals surface area contributed by atoms with Gasteiger partial charge in [-0.15, -0.1) is 0 Å². The van der Waals surface area contributed by atoms with Gasteiger partial charge in [0.25, 0.3) is 5.78 Å². The zero-order valence-electron chi connectivity index (χ0n) is 7.93. The number of nitrogen functional groups attached to an aromatic ring is 1. The number of Topliss-reactive ketones (excluding diaryl/α,β-unsaturated/α-hetero) is 1. The number of ketones is 1. The van der Waals surface area contributed by atoms with Crippen molar-refractivity contribution in [3.8, 4) is 0 Å². The predicted octanol–water partition coefficient (Wildman–Crippen LogP) is 1.77.